The summed E-state index contributed by atoms with van der Waals surface area (Å²) in [5.74, 6) is 0. The van der Waals surface area contributed by atoms with Crippen LogP contribution in [0.3, 0.4) is 0 Å². The molecule has 34 heavy (non-hydrogen) atoms. The highest BCUT2D eigenvalue weighted by Gasteiger charge is 2.19. The van der Waals surface area contributed by atoms with E-state index in [-0.39, 0.29) is 0 Å². The van der Waals surface area contributed by atoms with E-state index in [9.17, 15) is 5.26 Å². The van der Waals surface area contributed by atoms with Crippen molar-refractivity contribution in [2.75, 3.05) is 0 Å². The summed E-state index contributed by atoms with van der Waals surface area (Å²) < 4.78 is 8.70. The van der Waals surface area contributed by atoms with Crippen LogP contribution in [0.15, 0.2) is 108 Å². The molecule has 0 radical (unpaired) electrons. The Morgan fingerprint density at radius 2 is 1.59 bits per heavy atom. The monoisotopic (exact) mass is 435 g/mol. The summed E-state index contributed by atoms with van der Waals surface area (Å²) in [6, 6.07) is 33.2. The van der Waals surface area contributed by atoms with Gasteiger partial charge in [-0.25, -0.2) is 0 Å². The van der Waals surface area contributed by atoms with Crippen LogP contribution >= 0.6 is 0 Å². The van der Waals surface area contributed by atoms with Gasteiger partial charge in [-0.1, -0.05) is 54.6 Å². The lowest BCUT2D eigenvalue weighted by atomic mass is 10.0. The molecule has 0 N–H and O–H groups in total. The molecular formula is C30H17N3O. The van der Waals surface area contributed by atoms with Gasteiger partial charge < -0.3 is 8.98 Å². The van der Waals surface area contributed by atoms with Crippen LogP contribution in [0.25, 0.3) is 60.6 Å². The van der Waals surface area contributed by atoms with Crippen LogP contribution in [0.4, 0.5) is 0 Å². The molecule has 0 bridgehead atoms. The minimum absolute atomic E-state index is 0.606. The lowest BCUT2D eigenvalue weighted by molar-refractivity contribution is 0.671. The first kappa shape index (κ1) is 18.7. The Labute approximate surface area is 194 Å². The van der Waals surface area contributed by atoms with Gasteiger partial charge in [-0.2, -0.15) is 5.26 Å². The lowest BCUT2D eigenvalue weighted by Crippen LogP contribution is -1.95. The fourth-order valence-corrected chi connectivity index (χ4v) is 5.03. The number of aromatic nitrogens is 2. The standard InChI is InChI=1S/C30H17N3O/c31-17-20-14-15-32-18-26(20)19-6-5-7-21(16-19)33-27-10-3-1-8-22(27)24-12-13-25-23-9-2-4-11-28(23)34-30(25)29(24)33/h1-16,18H. The summed E-state index contributed by atoms with van der Waals surface area (Å²) in [6.45, 7) is 0. The molecule has 3 aromatic heterocycles. The van der Waals surface area contributed by atoms with E-state index in [1.807, 2.05) is 30.3 Å². The molecule has 4 heteroatoms. The SMILES string of the molecule is N#Cc1ccncc1-c1cccc(-n2c3ccccc3c3ccc4c5ccccc5oc4c32)c1. The fraction of sp³-hybridized carbons (Fsp3) is 0. The van der Waals surface area contributed by atoms with Crippen LogP contribution in [-0.2, 0) is 0 Å². The van der Waals surface area contributed by atoms with Gasteiger partial charge in [-0.3, -0.25) is 4.98 Å². The third-order valence-corrected chi connectivity index (χ3v) is 6.54. The van der Waals surface area contributed by atoms with Gasteiger partial charge in [-0.15, -0.1) is 0 Å². The van der Waals surface area contributed by atoms with E-state index in [1.165, 1.54) is 5.39 Å². The number of rotatable bonds is 2. The predicted octanol–water partition coefficient (Wildman–Crippen LogP) is 7.62. The molecule has 0 fully saturated rings. The van der Waals surface area contributed by atoms with Crippen molar-refractivity contribution >= 4 is 43.7 Å². The summed E-state index contributed by atoms with van der Waals surface area (Å²) in [6.07, 6.45) is 3.40. The van der Waals surface area contributed by atoms with Crippen LogP contribution in [-0.4, -0.2) is 9.55 Å². The molecule has 0 aliphatic heterocycles. The highest BCUT2D eigenvalue weighted by atomic mass is 16.3. The van der Waals surface area contributed by atoms with Gasteiger partial charge in [0.15, 0.2) is 5.58 Å². The summed E-state index contributed by atoms with van der Waals surface area (Å²) in [7, 11) is 0. The van der Waals surface area contributed by atoms with Crippen LogP contribution in [0.2, 0.25) is 0 Å². The quantitative estimate of drug-likeness (QED) is 0.281. The molecule has 7 rings (SSSR count). The van der Waals surface area contributed by atoms with E-state index in [2.05, 4.69) is 70.2 Å². The first-order valence-electron chi connectivity index (χ1n) is 11.1. The zero-order valence-corrected chi connectivity index (χ0v) is 18.1. The average molecular weight is 435 g/mol. The van der Waals surface area contributed by atoms with Crippen molar-refractivity contribution in [3.8, 4) is 22.9 Å². The zero-order chi connectivity index (χ0) is 22.6. The Hall–Kier alpha value is -4.88. The highest BCUT2D eigenvalue weighted by Crippen LogP contribution is 2.40. The summed E-state index contributed by atoms with van der Waals surface area (Å²) in [5, 5.41) is 14.1. The molecule has 0 atom stereocenters. The molecule has 0 unspecified atom stereocenters. The second-order valence-electron chi connectivity index (χ2n) is 8.37. The van der Waals surface area contributed by atoms with Crippen molar-refractivity contribution in [2.24, 2.45) is 0 Å². The fourth-order valence-electron chi connectivity index (χ4n) is 5.03. The maximum Gasteiger partial charge on any atom is 0.160 e. The molecule has 0 amide bonds. The van der Waals surface area contributed by atoms with Gasteiger partial charge in [-0.05, 0) is 42.0 Å². The van der Waals surface area contributed by atoms with E-state index in [0.29, 0.717) is 5.56 Å². The maximum atomic E-state index is 9.61. The molecule has 0 aliphatic rings. The van der Waals surface area contributed by atoms with Crippen molar-refractivity contribution in [1.82, 2.24) is 9.55 Å². The van der Waals surface area contributed by atoms with Crippen molar-refractivity contribution in [3.63, 3.8) is 0 Å². The zero-order valence-electron chi connectivity index (χ0n) is 18.1. The van der Waals surface area contributed by atoms with Gasteiger partial charge in [0.05, 0.1) is 22.7 Å². The minimum Gasteiger partial charge on any atom is -0.454 e. The number of hydrogen-bond acceptors (Lipinski definition) is 3. The minimum atomic E-state index is 0.606. The molecule has 4 aromatic carbocycles. The van der Waals surface area contributed by atoms with Gasteiger partial charge in [0, 0.05) is 45.2 Å². The number of nitrogens with zero attached hydrogens (tertiary/aromatic N) is 3. The molecule has 0 saturated heterocycles. The van der Waals surface area contributed by atoms with Crippen LogP contribution in [0, 0.1) is 11.3 Å². The molecule has 4 nitrogen and oxygen atoms in total. The Balaban J connectivity index is 1.61. The number of para-hydroxylation sites is 2. The van der Waals surface area contributed by atoms with Crippen LogP contribution < -0.4 is 0 Å². The number of benzene rings is 4. The number of nitriles is 1. The molecule has 7 aromatic rings. The largest absolute Gasteiger partial charge is 0.454 e. The van der Waals surface area contributed by atoms with E-state index in [1.54, 1.807) is 18.5 Å². The Bertz CT molecular complexity index is 1930. The lowest BCUT2D eigenvalue weighted by Gasteiger charge is -2.11. The summed E-state index contributed by atoms with van der Waals surface area (Å²) in [4.78, 5) is 4.25. The molecular weight excluding hydrogens is 418 g/mol. The Morgan fingerprint density at radius 1 is 0.765 bits per heavy atom. The first-order valence-corrected chi connectivity index (χ1v) is 11.1. The second-order valence-corrected chi connectivity index (χ2v) is 8.37. The van der Waals surface area contributed by atoms with Gasteiger partial charge in [0.2, 0.25) is 0 Å². The molecule has 3 heterocycles. The summed E-state index contributed by atoms with van der Waals surface area (Å²) >= 11 is 0. The van der Waals surface area contributed by atoms with Gasteiger partial charge >= 0.3 is 0 Å². The topological polar surface area (TPSA) is 54.8 Å². The summed E-state index contributed by atoms with van der Waals surface area (Å²) in [5.41, 5.74) is 7.28. The van der Waals surface area contributed by atoms with Crippen molar-refractivity contribution in [2.45, 2.75) is 0 Å². The predicted molar refractivity (Wildman–Crippen MR) is 136 cm³/mol. The Morgan fingerprint density at radius 3 is 2.50 bits per heavy atom. The maximum absolute atomic E-state index is 9.61. The van der Waals surface area contributed by atoms with E-state index in [4.69, 9.17) is 4.42 Å². The smallest absolute Gasteiger partial charge is 0.160 e. The molecule has 0 spiro atoms. The number of pyridine rings is 1. The van der Waals surface area contributed by atoms with Gasteiger partial charge in [0.25, 0.3) is 0 Å². The normalized spacial score (nSPS) is 11.5. The molecule has 0 saturated carbocycles. The van der Waals surface area contributed by atoms with E-state index in [0.717, 1.165) is 55.2 Å². The first-order chi connectivity index (χ1) is 16.8. The molecule has 0 aliphatic carbocycles. The van der Waals surface area contributed by atoms with Crippen LogP contribution in [0.5, 0.6) is 0 Å². The number of fused-ring (bicyclic) bond motifs is 7. The molecule has 158 valence electrons. The second kappa shape index (κ2) is 7.06. The van der Waals surface area contributed by atoms with Crippen molar-refractivity contribution < 1.29 is 4.42 Å². The third-order valence-electron chi connectivity index (χ3n) is 6.54. The third kappa shape index (κ3) is 2.55. The Kier molecular flexibility index (Phi) is 3.88. The highest BCUT2D eigenvalue weighted by molar-refractivity contribution is 6.21. The van der Waals surface area contributed by atoms with E-state index < -0.39 is 0 Å². The van der Waals surface area contributed by atoms with Crippen LogP contribution in [0.1, 0.15) is 5.56 Å². The average Bonchev–Trinajstić information content (AvgIpc) is 3.45. The van der Waals surface area contributed by atoms with Crippen molar-refractivity contribution in [3.05, 3.63) is 109 Å². The van der Waals surface area contributed by atoms with E-state index >= 15 is 0 Å². The number of furan rings is 1. The van der Waals surface area contributed by atoms with Crippen molar-refractivity contribution in [1.29, 1.82) is 5.26 Å². The number of hydrogen-bond donors (Lipinski definition) is 0. The van der Waals surface area contributed by atoms with Gasteiger partial charge in [0.1, 0.15) is 5.58 Å².